The number of carboxylic acids is 1. The van der Waals surface area contributed by atoms with Crippen LogP contribution in [0.1, 0.15) is 15.9 Å². The lowest BCUT2D eigenvalue weighted by molar-refractivity contribution is 0.0697. The summed E-state index contributed by atoms with van der Waals surface area (Å²) < 4.78 is 1.55. The highest BCUT2D eigenvalue weighted by Gasteiger charge is 2.11. The molecule has 2 heterocycles. The molecule has 0 saturated carbocycles. The Morgan fingerprint density at radius 2 is 2.09 bits per heavy atom. The van der Waals surface area contributed by atoms with Crippen LogP contribution in [0.4, 0.5) is 0 Å². The number of nitrogens with zero attached hydrogens (tertiary/aromatic N) is 4. The van der Waals surface area contributed by atoms with Crippen LogP contribution in [0.15, 0.2) is 42.7 Å². The predicted octanol–water partition coefficient (Wildman–Crippen LogP) is 2.99. The predicted molar refractivity (Wildman–Crippen MR) is 81.3 cm³/mol. The topological polar surface area (TPSA) is 80.9 Å². The number of pyridine rings is 1. The van der Waals surface area contributed by atoms with Gasteiger partial charge in [0.15, 0.2) is 0 Å². The average Bonchev–Trinajstić information content (AvgIpc) is 2.98. The standard InChI is InChI=1S/C15H11ClN4O2/c1-9-2-3-10(15(21)22)6-13(9)20-8-12(18-19-20)11-4-5-14(16)17-7-11/h2-8H,1H3,(H,21,22). The summed E-state index contributed by atoms with van der Waals surface area (Å²) in [5, 5.41) is 17.6. The lowest BCUT2D eigenvalue weighted by Crippen LogP contribution is -2.02. The van der Waals surface area contributed by atoms with E-state index in [9.17, 15) is 4.79 Å². The van der Waals surface area contributed by atoms with Gasteiger partial charge in [-0.15, -0.1) is 5.10 Å². The smallest absolute Gasteiger partial charge is 0.335 e. The summed E-state index contributed by atoms with van der Waals surface area (Å²) >= 11 is 5.76. The summed E-state index contributed by atoms with van der Waals surface area (Å²) in [6, 6.07) is 8.33. The third kappa shape index (κ3) is 2.68. The minimum atomic E-state index is -0.983. The second kappa shape index (κ2) is 5.57. The Bertz CT molecular complexity index is 843. The van der Waals surface area contributed by atoms with Gasteiger partial charge in [0.2, 0.25) is 0 Å². The number of rotatable bonds is 3. The van der Waals surface area contributed by atoms with E-state index in [1.54, 1.807) is 47.4 Å². The van der Waals surface area contributed by atoms with Gasteiger partial charge in [-0.3, -0.25) is 0 Å². The first kappa shape index (κ1) is 14.2. The van der Waals surface area contributed by atoms with Crippen LogP contribution >= 0.6 is 11.6 Å². The normalized spacial score (nSPS) is 10.6. The van der Waals surface area contributed by atoms with Crippen molar-refractivity contribution in [1.82, 2.24) is 20.0 Å². The minimum absolute atomic E-state index is 0.200. The molecule has 1 aromatic carbocycles. The number of carbonyl (C=O) groups is 1. The largest absolute Gasteiger partial charge is 0.478 e. The van der Waals surface area contributed by atoms with E-state index in [2.05, 4.69) is 15.3 Å². The van der Waals surface area contributed by atoms with E-state index >= 15 is 0 Å². The Labute approximate surface area is 131 Å². The zero-order valence-corrected chi connectivity index (χ0v) is 12.3. The third-order valence-electron chi connectivity index (χ3n) is 3.22. The van der Waals surface area contributed by atoms with E-state index in [4.69, 9.17) is 16.7 Å². The van der Waals surface area contributed by atoms with E-state index in [0.29, 0.717) is 16.5 Å². The van der Waals surface area contributed by atoms with E-state index in [0.717, 1.165) is 11.1 Å². The lowest BCUT2D eigenvalue weighted by atomic mass is 10.1. The van der Waals surface area contributed by atoms with E-state index < -0.39 is 5.97 Å². The van der Waals surface area contributed by atoms with Crippen molar-refractivity contribution in [3.05, 3.63) is 59.0 Å². The summed E-state index contributed by atoms with van der Waals surface area (Å²) in [6.45, 7) is 1.88. The molecule has 0 amide bonds. The molecule has 0 bridgehead atoms. The molecule has 3 aromatic rings. The van der Waals surface area contributed by atoms with Gasteiger partial charge in [-0.25, -0.2) is 14.5 Å². The summed E-state index contributed by atoms with van der Waals surface area (Å²) in [6.07, 6.45) is 3.33. The Morgan fingerprint density at radius 3 is 2.77 bits per heavy atom. The first-order valence-corrected chi connectivity index (χ1v) is 6.81. The molecule has 0 radical (unpaired) electrons. The van der Waals surface area contributed by atoms with E-state index in [1.165, 1.54) is 0 Å². The molecule has 0 saturated heterocycles. The van der Waals surface area contributed by atoms with Crippen LogP contribution < -0.4 is 0 Å². The molecule has 1 N–H and O–H groups in total. The number of aryl methyl sites for hydroxylation is 1. The quantitative estimate of drug-likeness (QED) is 0.752. The van der Waals surface area contributed by atoms with Crippen LogP contribution in [-0.4, -0.2) is 31.1 Å². The Hall–Kier alpha value is -2.73. The summed E-state index contributed by atoms with van der Waals surface area (Å²) in [7, 11) is 0. The number of carboxylic acid groups (broad SMARTS) is 1. The number of hydrogen-bond acceptors (Lipinski definition) is 4. The van der Waals surface area contributed by atoms with Gasteiger partial charge in [-0.05, 0) is 36.8 Å². The van der Waals surface area contributed by atoms with Crippen molar-refractivity contribution in [1.29, 1.82) is 0 Å². The highest BCUT2D eigenvalue weighted by molar-refractivity contribution is 6.29. The van der Waals surface area contributed by atoms with Gasteiger partial charge in [0.05, 0.1) is 17.4 Å². The zero-order chi connectivity index (χ0) is 15.7. The first-order valence-electron chi connectivity index (χ1n) is 6.43. The summed E-state index contributed by atoms with van der Waals surface area (Å²) in [5.74, 6) is -0.983. The molecule has 2 aromatic heterocycles. The van der Waals surface area contributed by atoms with Crippen molar-refractivity contribution in [2.75, 3.05) is 0 Å². The van der Waals surface area contributed by atoms with Crippen LogP contribution in [-0.2, 0) is 0 Å². The van der Waals surface area contributed by atoms with Crippen LogP contribution in [0, 0.1) is 6.92 Å². The fraction of sp³-hybridized carbons (Fsp3) is 0.0667. The van der Waals surface area contributed by atoms with Crippen molar-refractivity contribution in [3.63, 3.8) is 0 Å². The molecule has 7 heteroatoms. The van der Waals surface area contributed by atoms with E-state index in [-0.39, 0.29) is 5.56 Å². The van der Waals surface area contributed by atoms with Gasteiger partial charge >= 0.3 is 5.97 Å². The van der Waals surface area contributed by atoms with Gasteiger partial charge in [0.25, 0.3) is 0 Å². The van der Waals surface area contributed by atoms with Crippen LogP contribution in [0.3, 0.4) is 0 Å². The lowest BCUT2D eigenvalue weighted by Gasteiger charge is -2.05. The summed E-state index contributed by atoms with van der Waals surface area (Å²) in [4.78, 5) is 15.1. The highest BCUT2D eigenvalue weighted by atomic mass is 35.5. The second-order valence-corrected chi connectivity index (χ2v) is 5.11. The summed E-state index contributed by atoms with van der Waals surface area (Å²) in [5.41, 5.74) is 3.18. The van der Waals surface area contributed by atoms with Crippen molar-refractivity contribution in [2.45, 2.75) is 6.92 Å². The van der Waals surface area contributed by atoms with Gasteiger partial charge in [0, 0.05) is 11.8 Å². The SMILES string of the molecule is Cc1ccc(C(=O)O)cc1-n1cc(-c2ccc(Cl)nc2)nn1. The van der Waals surface area contributed by atoms with Crippen LogP contribution in [0.2, 0.25) is 5.15 Å². The van der Waals surface area contributed by atoms with Gasteiger partial charge < -0.3 is 5.11 Å². The number of aromatic nitrogens is 4. The second-order valence-electron chi connectivity index (χ2n) is 4.72. The Kier molecular flexibility index (Phi) is 3.60. The highest BCUT2D eigenvalue weighted by Crippen LogP contribution is 2.20. The van der Waals surface area contributed by atoms with Crippen molar-refractivity contribution in [2.24, 2.45) is 0 Å². The van der Waals surface area contributed by atoms with E-state index in [1.807, 2.05) is 6.92 Å². The molecule has 0 aliphatic rings. The molecule has 0 spiro atoms. The molecule has 0 aliphatic carbocycles. The molecule has 3 rings (SSSR count). The van der Waals surface area contributed by atoms with Gasteiger partial charge in [-0.1, -0.05) is 22.9 Å². The molecular formula is C15H11ClN4O2. The van der Waals surface area contributed by atoms with Gasteiger partial charge in [0.1, 0.15) is 10.8 Å². The third-order valence-corrected chi connectivity index (χ3v) is 3.44. The van der Waals surface area contributed by atoms with Gasteiger partial charge in [-0.2, -0.15) is 0 Å². The number of halogens is 1. The van der Waals surface area contributed by atoms with Crippen molar-refractivity contribution >= 4 is 17.6 Å². The van der Waals surface area contributed by atoms with Crippen LogP contribution in [0.25, 0.3) is 16.9 Å². The molecule has 110 valence electrons. The average molecular weight is 315 g/mol. The molecule has 0 aliphatic heterocycles. The maximum Gasteiger partial charge on any atom is 0.335 e. The Morgan fingerprint density at radius 1 is 1.27 bits per heavy atom. The molecule has 0 unspecified atom stereocenters. The zero-order valence-electron chi connectivity index (χ0n) is 11.6. The number of benzene rings is 1. The Balaban J connectivity index is 2.02. The molecule has 0 fully saturated rings. The maximum atomic E-state index is 11.1. The van der Waals surface area contributed by atoms with Crippen molar-refractivity contribution < 1.29 is 9.90 Å². The minimum Gasteiger partial charge on any atom is -0.478 e. The fourth-order valence-corrected chi connectivity index (χ4v) is 2.14. The number of hydrogen-bond donors (Lipinski definition) is 1. The number of aromatic carboxylic acids is 1. The first-order chi connectivity index (χ1) is 10.5. The maximum absolute atomic E-state index is 11.1. The molecule has 6 nitrogen and oxygen atoms in total. The molecular weight excluding hydrogens is 304 g/mol. The fourth-order valence-electron chi connectivity index (χ4n) is 2.03. The van der Waals surface area contributed by atoms with Crippen molar-refractivity contribution in [3.8, 4) is 16.9 Å². The molecule has 0 atom stereocenters. The van der Waals surface area contributed by atoms with Crippen LogP contribution in [0.5, 0.6) is 0 Å². The monoisotopic (exact) mass is 314 g/mol. The molecule has 22 heavy (non-hydrogen) atoms.